The molecule has 18 heavy (non-hydrogen) atoms. The summed E-state index contributed by atoms with van der Waals surface area (Å²) in [6, 6.07) is 2.09. The Morgan fingerprint density at radius 3 is 2.50 bits per heavy atom. The van der Waals surface area contributed by atoms with Crippen molar-refractivity contribution in [3.63, 3.8) is 0 Å². The van der Waals surface area contributed by atoms with E-state index in [9.17, 15) is 27.5 Å². The van der Waals surface area contributed by atoms with E-state index < -0.39 is 35.3 Å². The standard InChI is InChI=1S/C11H9F4NO2/c12-6-1-2-9(8(3-6)11(13,14)15)16-5-7(17)4-10(16)18/h1-3,7,17H,4-5H2. The third kappa shape index (κ3) is 2.31. The lowest BCUT2D eigenvalue weighted by Crippen LogP contribution is -2.28. The predicted octanol–water partition coefficient (Wildman–Crippen LogP) is 1.94. The largest absolute Gasteiger partial charge is 0.418 e. The monoisotopic (exact) mass is 263 g/mol. The molecule has 3 nitrogen and oxygen atoms in total. The molecule has 2 rings (SSSR count). The maximum atomic E-state index is 12.9. The molecule has 0 bridgehead atoms. The van der Waals surface area contributed by atoms with E-state index in [2.05, 4.69) is 0 Å². The Kier molecular flexibility index (Phi) is 3.02. The first kappa shape index (κ1) is 12.8. The molecule has 1 atom stereocenters. The van der Waals surface area contributed by atoms with Crippen molar-refractivity contribution in [3.05, 3.63) is 29.6 Å². The molecule has 1 amide bonds. The van der Waals surface area contributed by atoms with Crippen LogP contribution >= 0.6 is 0 Å². The Morgan fingerprint density at radius 1 is 1.33 bits per heavy atom. The molecule has 1 heterocycles. The lowest BCUT2D eigenvalue weighted by atomic mass is 10.1. The summed E-state index contributed by atoms with van der Waals surface area (Å²) >= 11 is 0. The molecule has 1 aromatic rings. The van der Waals surface area contributed by atoms with Crippen LogP contribution in [0.15, 0.2) is 18.2 Å². The second-order valence-corrected chi connectivity index (χ2v) is 4.02. The van der Waals surface area contributed by atoms with Gasteiger partial charge in [-0.3, -0.25) is 4.79 Å². The van der Waals surface area contributed by atoms with Crippen LogP contribution in [0.1, 0.15) is 12.0 Å². The maximum Gasteiger partial charge on any atom is 0.418 e. The van der Waals surface area contributed by atoms with E-state index in [1.807, 2.05) is 0 Å². The van der Waals surface area contributed by atoms with Crippen LogP contribution in [0, 0.1) is 5.82 Å². The molecule has 1 aliphatic rings. The Morgan fingerprint density at radius 2 is 2.00 bits per heavy atom. The van der Waals surface area contributed by atoms with Crippen LogP contribution in [0.4, 0.5) is 23.2 Å². The fourth-order valence-corrected chi connectivity index (χ4v) is 1.89. The zero-order valence-corrected chi connectivity index (χ0v) is 9.04. The van der Waals surface area contributed by atoms with Crippen LogP contribution in [-0.2, 0) is 11.0 Å². The van der Waals surface area contributed by atoms with Crippen LogP contribution in [0.25, 0.3) is 0 Å². The van der Waals surface area contributed by atoms with E-state index in [4.69, 9.17) is 0 Å². The molecule has 1 N–H and O–H groups in total. The zero-order valence-electron chi connectivity index (χ0n) is 9.04. The van der Waals surface area contributed by atoms with Gasteiger partial charge in [-0.05, 0) is 18.2 Å². The topological polar surface area (TPSA) is 40.5 Å². The van der Waals surface area contributed by atoms with Gasteiger partial charge in [0, 0.05) is 0 Å². The number of halogens is 4. The van der Waals surface area contributed by atoms with Gasteiger partial charge in [0.05, 0.1) is 30.3 Å². The highest BCUT2D eigenvalue weighted by Gasteiger charge is 2.39. The van der Waals surface area contributed by atoms with Gasteiger partial charge in [0.25, 0.3) is 0 Å². The quantitative estimate of drug-likeness (QED) is 0.787. The number of rotatable bonds is 1. The number of alkyl halides is 3. The molecule has 1 aromatic carbocycles. The minimum atomic E-state index is -4.76. The summed E-state index contributed by atoms with van der Waals surface area (Å²) < 4.78 is 51.1. The average molecular weight is 263 g/mol. The van der Waals surface area contributed by atoms with Crippen molar-refractivity contribution in [2.45, 2.75) is 18.7 Å². The van der Waals surface area contributed by atoms with Crippen molar-refractivity contribution in [1.82, 2.24) is 0 Å². The molecule has 0 radical (unpaired) electrons. The summed E-state index contributed by atoms with van der Waals surface area (Å²) in [6.45, 7) is -0.215. The lowest BCUT2D eigenvalue weighted by Gasteiger charge is -2.21. The number of aliphatic hydroxyl groups is 1. The van der Waals surface area contributed by atoms with E-state index in [1.165, 1.54) is 0 Å². The number of anilines is 1. The van der Waals surface area contributed by atoms with Gasteiger partial charge in [0.15, 0.2) is 0 Å². The van der Waals surface area contributed by atoms with Crippen molar-refractivity contribution in [1.29, 1.82) is 0 Å². The SMILES string of the molecule is O=C1CC(O)CN1c1ccc(F)cc1C(F)(F)F. The first-order valence-corrected chi connectivity index (χ1v) is 5.14. The lowest BCUT2D eigenvalue weighted by molar-refractivity contribution is -0.137. The number of carbonyl (C=O) groups is 1. The molecule has 0 spiro atoms. The number of amides is 1. The van der Waals surface area contributed by atoms with Crippen molar-refractivity contribution >= 4 is 11.6 Å². The van der Waals surface area contributed by atoms with Crippen molar-refractivity contribution in [2.24, 2.45) is 0 Å². The highest BCUT2D eigenvalue weighted by atomic mass is 19.4. The minimum absolute atomic E-state index is 0.215. The summed E-state index contributed by atoms with van der Waals surface area (Å²) in [4.78, 5) is 12.3. The van der Waals surface area contributed by atoms with Gasteiger partial charge in [-0.2, -0.15) is 13.2 Å². The van der Waals surface area contributed by atoms with Crippen LogP contribution < -0.4 is 4.90 Å². The van der Waals surface area contributed by atoms with Crippen LogP contribution in [0.3, 0.4) is 0 Å². The number of β-amino-alcohol motifs (C(OH)–C–C–N with tert-alkyl or cyclic N) is 1. The summed E-state index contributed by atoms with van der Waals surface area (Å²) in [5.74, 6) is -1.64. The normalized spacial score (nSPS) is 20.6. The third-order valence-electron chi connectivity index (χ3n) is 2.66. The van der Waals surface area contributed by atoms with Gasteiger partial charge >= 0.3 is 6.18 Å². The second-order valence-electron chi connectivity index (χ2n) is 4.02. The van der Waals surface area contributed by atoms with E-state index in [1.54, 1.807) is 0 Å². The minimum Gasteiger partial charge on any atom is -0.391 e. The number of nitrogens with zero attached hydrogens (tertiary/aromatic N) is 1. The molecule has 0 aromatic heterocycles. The number of hydrogen-bond donors (Lipinski definition) is 1. The molecular formula is C11H9F4NO2. The predicted molar refractivity (Wildman–Crippen MR) is 54.4 cm³/mol. The Labute approximate surface area is 99.6 Å². The van der Waals surface area contributed by atoms with E-state index in [-0.39, 0.29) is 13.0 Å². The van der Waals surface area contributed by atoms with Crippen LogP contribution in [0.5, 0.6) is 0 Å². The van der Waals surface area contributed by atoms with Crippen molar-refractivity contribution in [3.8, 4) is 0 Å². The Hall–Kier alpha value is -1.63. The van der Waals surface area contributed by atoms with Gasteiger partial charge in [-0.25, -0.2) is 4.39 Å². The zero-order chi connectivity index (χ0) is 13.5. The molecule has 0 saturated carbocycles. The summed E-state index contributed by atoms with van der Waals surface area (Å²) in [5.41, 5.74) is -1.64. The van der Waals surface area contributed by atoms with Gasteiger partial charge in [0.1, 0.15) is 5.82 Å². The summed E-state index contributed by atoms with van der Waals surface area (Å²) in [5, 5.41) is 9.26. The number of benzene rings is 1. The highest BCUT2D eigenvalue weighted by molar-refractivity contribution is 5.96. The second kappa shape index (κ2) is 4.24. The maximum absolute atomic E-state index is 12.9. The Balaban J connectivity index is 2.48. The number of aliphatic hydroxyl groups excluding tert-OH is 1. The summed E-state index contributed by atoms with van der Waals surface area (Å²) in [6.07, 6.45) is -5.98. The Bertz CT molecular complexity index is 486. The van der Waals surface area contributed by atoms with Crippen molar-refractivity contribution < 1.29 is 27.5 Å². The van der Waals surface area contributed by atoms with Gasteiger partial charge in [-0.15, -0.1) is 0 Å². The van der Waals surface area contributed by atoms with Crippen LogP contribution in [0.2, 0.25) is 0 Å². The molecule has 1 aliphatic heterocycles. The van der Waals surface area contributed by atoms with Gasteiger partial charge < -0.3 is 10.0 Å². The van der Waals surface area contributed by atoms with E-state index in [0.29, 0.717) is 6.07 Å². The fraction of sp³-hybridized carbons (Fsp3) is 0.364. The first-order chi connectivity index (χ1) is 8.29. The molecule has 0 aliphatic carbocycles. The number of carbonyl (C=O) groups excluding carboxylic acids is 1. The first-order valence-electron chi connectivity index (χ1n) is 5.14. The van der Waals surface area contributed by atoms with E-state index in [0.717, 1.165) is 17.0 Å². The summed E-state index contributed by atoms with van der Waals surface area (Å²) in [7, 11) is 0. The molecular weight excluding hydrogens is 254 g/mol. The fourth-order valence-electron chi connectivity index (χ4n) is 1.89. The van der Waals surface area contributed by atoms with Crippen molar-refractivity contribution in [2.75, 3.05) is 11.4 Å². The van der Waals surface area contributed by atoms with Gasteiger partial charge in [0.2, 0.25) is 5.91 Å². The van der Waals surface area contributed by atoms with Gasteiger partial charge in [-0.1, -0.05) is 0 Å². The number of hydrogen-bond acceptors (Lipinski definition) is 2. The average Bonchev–Trinajstić information content (AvgIpc) is 2.56. The third-order valence-corrected chi connectivity index (χ3v) is 2.66. The molecule has 1 fully saturated rings. The van der Waals surface area contributed by atoms with E-state index >= 15 is 0 Å². The molecule has 7 heteroatoms. The molecule has 98 valence electrons. The molecule has 1 unspecified atom stereocenters. The highest BCUT2D eigenvalue weighted by Crippen LogP contribution is 2.38. The van der Waals surface area contributed by atoms with Crippen LogP contribution in [-0.4, -0.2) is 23.7 Å². The smallest absolute Gasteiger partial charge is 0.391 e. The molecule has 1 saturated heterocycles.